The van der Waals surface area contributed by atoms with Gasteiger partial charge in [-0.25, -0.2) is 0 Å². The Labute approximate surface area is 86.1 Å². The fourth-order valence-corrected chi connectivity index (χ4v) is 1.59. The minimum atomic E-state index is 0.847. The van der Waals surface area contributed by atoms with Crippen LogP contribution in [0.3, 0.4) is 0 Å². The van der Waals surface area contributed by atoms with E-state index in [1.165, 1.54) is 24.8 Å². The zero-order valence-corrected chi connectivity index (χ0v) is 8.83. The number of benzene rings is 1. The van der Waals surface area contributed by atoms with Crippen molar-refractivity contribution in [2.24, 2.45) is 0 Å². The molecule has 0 atom stereocenters. The van der Waals surface area contributed by atoms with Gasteiger partial charge in [-0.2, -0.15) is 0 Å². The summed E-state index contributed by atoms with van der Waals surface area (Å²) in [6.45, 7) is 3.03. The van der Waals surface area contributed by atoms with Crippen molar-refractivity contribution in [3.63, 3.8) is 0 Å². The topological polar surface area (TPSA) is 9.23 Å². The third kappa shape index (κ3) is 2.50. The summed E-state index contributed by atoms with van der Waals surface area (Å²) in [5, 5.41) is 0. The second-order valence-corrected chi connectivity index (χ2v) is 4.05. The summed E-state index contributed by atoms with van der Waals surface area (Å²) < 4.78 is 5.60. The Kier molecular flexibility index (Phi) is 3.07. The van der Waals surface area contributed by atoms with Crippen molar-refractivity contribution in [3.05, 3.63) is 29.8 Å². The molecule has 1 aliphatic rings. The first kappa shape index (κ1) is 9.57. The Bertz CT molecular complexity index is 272. The van der Waals surface area contributed by atoms with Crippen LogP contribution in [0.5, 0.6) is 5.75 Å². The molecule has 0 bridgehead atoms. The Morgan fingerprint density at radius 2 is 1.93 bits per heavy atom. The summed E-state index contributed by atoms with van der Waals surface area (Å²) in [6, 6.07) is 8.62. The van der Waals surface area contributed by atoms with Crippen LogP contribution in [-0.2, 0) is 0 Å². The molecule has 14 heavy (non-hydrogen) atoms. The first-order valence-electron chi connectivity index (χ1n) is 5.63. The maximum absolute atomic E-state index is 5.60. The summed E-state index contributed by atoms with van der Waals surface area (Å²) in [5.41, 5.74) is 1.48. The van der Waals surface area contributed by atoms with E-state index in [-0.39, 0.29) is 0 Å². The predicted molar refractivity (Wildman–Crippen MR) is 58.8 cm³/mol. The fraction of sp³-hybridized carbons (Fsp3) is 0.538. The molecule has 1 aromatic carbocycles. The second-order valence-electron chi connectivity index (χ2n) is 4.05. The average molecular weight is 190 g/mol. The maximum atomic E-state index is 5.60. The molecule has 0 saturated heterocycles. The maximum Gasteiger partial charge on any atom is 0.119 e. The van der Waals surface area contributed by atoms with E-state index >= 15 is 0 Å². The number of hydrogen-bond acceptors (Lipinski definition) is 1. The molecule has 1 nitrogen and oxygen atoms in total. The average Bonchev–Trinajstić information content (AvgIpc) is 3.03. The molecule has 0 aliphatic heterocycles. The van der Waals surface area contributed by atoms with Gasteiger partial charge >= 0.3 is 0 Å². The molecule has 1 saturated carbocycles. The van der Waals surface area contributed by atoms with Crippen molar-refractivity contribution in [1.29, 1.82) is 0 Å². The quantitative estimate of drug-likeness (QED) is 0.643. The molecule has 0 unspecified atom stereocenters. The standard InChI is InChI=1S/C13H18O/c1-2-3-10-14-13-8-6-12(7-9-13)11-4-5-11/h6-9,11H,2-5,10H2,1H3. The number of rotatable bonds is 5. The zero-order chi connectivity index (χ0) is 9.80. The van der Waals surface area contributed by atoms with Crippen molar-refractivity contribution in [2.75, 3.05) is 6.61 Å². The van der Waals surface area contributed by atoms with Gasteiger partial charge in [-0.05, 0) is 42.9 Å². The van der Waals surface area contributed by atoms with E-state index in [0.717, 1.165) is 24.7 Å². The Hall–Kier alpha value is -0.980. The van der Waals surface area contributed by atoms with Crippen LogP contribution < -0.4 is 4.74 Å². The SMILES string of the molecule is CCCCOc1ccc(C2CC2)cc1. The molecule has 1 aromatic rings. The normalized spacial score (nSPS) is 15.5. The van der Waals surface area contributed by atoms with Crippen molar-refractivity contribution in [1.82, 2.24) is 0 Å². The minimum Gasteiger partial charge on any atom is -0.494 e. The molecular formula is C13H18O. The lowest BCUT2D eigenvalue weighted by Gasteiger charge is -2.05. The number of ether oxygens (including phenoxy) is 1. The first-order chi connectivity index (χ1) is 6.90. The van der Waals surface area contributed by atoms with Gasteiger partial charge in [0, 0.05) is 0 Å². The lowest BCUT2D eigenvalue weighted by Crippen LogP contribution is -1.96. The Balaban J connectivity index is 1.86. The van der Waals surface area contributed by atoms with Crippen LogP contribution in [0, 0.1) is 0 Å². The molecule has 0 heterocycles. The van der Waals surface area contributed by atoms with Crippen LogP contribution in [0.2, 0.25) is 0 Å². The van der Waals surface area contributed by atoms with Crippen LogP contribution in [-0.4, -0.2) is 6.61 Å². The molecule has 0 spiro atoms. The molecule has 1 heteroatoms. The van der Waals surface area contributed by atoms with Gasteiger partial charge in [0.05, 0.1) is 6.61 Å². The van der Waals surface area contributed by atoms with Gasteiger partial charge in [0.2, 0.25) is 0 Å². The molecular weight excluding hydrogens is 172 g/mol. The van der Waals surface area contributed by atoms with E-state index in [0.29, 0.717) is 0 Å². The highest BCUT2D eigenvalue weighted by atomic mass is 16.5. The predicted octanol–water partition coefficient (Wildman–Crippen LogP) is 3.74. The number of hydrogen-bond donors (Lipinski definition) is 0. The van der Waals surface area contributed by atoms with Gasteiger partial charge in [0.1, 0.15) is 5.75 Å². The molecule has 1 fully saturated rings. The summed E-state index contributed by atoms with van der Waals surface area (Å²) >= 11 is 0. The first-order valence-corrected chi connectivity index (χ1v) is 5.63. The van der Waals surface area contributed by atoms with Crippen molar-refractivity contribution in [3.8, 4) is 5.75 Å². The molecule has 0 N–H and O–H groups in total. The highest BCUT2D eigenvalue weighted by molar-refractivity contribution is 5.31. The van der Waals surface area contributed by atoms with Gasteiger partial charge in [0.15, 0.2) is 0 Å². The molecule has 0 radical (unpaired) electrons. The lowest BCUT2D eigenvalue weighted by atomic mass is 10.1. The molecule has 0 aromatic heterocycles. The van der Waals surface area contributed by atoms with E-state index in [4.69, 9.17) is 4.74 Å². The van der Waals surface area contributed by atoms with Gasteiger partial charge in [-0.15, -0.1) is 0 Å². The highest BCUT2D eigenvalue weighted by Gasteiger charge is 2.22. The largest absolute Gasteiger partial charge is 0.494 e. The van der Waals surface area contributed by atoms with Gasteiger partial charge in [0.25, 0.3) is 0 Å². The van der Waals surface area contributed by atoms with E-state index in [1.54, 1.807) is 0 Å². The van der Waals surface area contributed by atoms with Crippen LogP contribution in [0.15, 0.2) is 24.3 Å². The van der Waals surface area contributed by atoms with E-state index in [2.05, 4.69) is 31.2 Å². The Morgan fingerprint density at radius 3 is 2.50 bits per heavy atom. The fourth-order valence-electron chi connectivity index (χ4n) is 1.59. The number of unbranched alkanes of at least 4 members (excludes halogenated alkanes) is 1. The van der Waals surface area contributed by atoms with Gasteiger partial charge < -0.3 is 4.74 Å². The van der Waals surface area contributed by atoms with E-state index in [9.17, 15) is 0 Å². The van der Waals surface area contributed by atoms with Gasteiger partial charge in [-0.3, -0.25) is 0 Å². The molecule has 2 rings (SSSR count). The lowest BCUT2D eigenvalue weighted by molar-refractivity contribution is 0.309. The van der Waals surface area contributed by atoms with Crippen LogP contribution in [0.4, 0.5) is 0 Å². The highest BCUT2D eigenvalue weighted by Crippen LogP contribution is 2.40. The second kappa shape index (κ2) is 4.50. The van der Waals surface area contributed by atoms with Crippen LogP contribution in [0.25, 0.3) is 0 Å². The van der Waals surface area contributed by atoms with Crippen molar-refractivity contribution < 1.29 is 4.74 Å². The molecule has 0 amide bonds. The van der Waals surface area contributed by atoms with Crippen LogP contribution >= 0.6 is 0 Å². The third-order valence-electron chi connectivity index (χ3n) is 2.70. The van der Waals surface area contributed by atoms with Crippen molar-refractivity contribution in [2.45, 2.75) is 38.5 Å². The van der Waals surface area contributed by atoms with E-state index < -0.39 is 0 Å². The van der Waals surface area contributed by atoms with E-state index in [1.807, 2.05) is 0 Å². The molecule has 1 aliphatic carbocycles. The minimum absolute atomic E-state index is 0.847. The zero-order valence-electron chi connectivity index (χ0n) is 8.83. The van der Waals surface area contributed by atoms with Gasteiger partial charge in [-0.1, -0.05) is 25.5 Å². The van der Waals surface area contributed by atoms with Crippen molar-refractivity contribution >= 4 is 0 Å². The third-order valence-corrected chi connectivity index (χ3v) is 2.70. The summed E-state index contributed by atoms with van der Waals surface area (Å²) in [5.74, 6) is 1.86. The monoisotopic (exact) mass is 190 g/mol. The van der Waals surface area contributed by atoms with Crippen LogP contribution in [0.1, 0.15) is 44.1 Å². The summed E-state index contributed by atoms with van der Waals surface area (Å²) in [7, 11) is 0. The molecule has 76 valence electrons. The smallest absolute Gasteiger partial charge is 0.119 e. The summed E-state index contributed by atoms with van der Waals surface area (Å²) in [4.78, 5) is 0. The summed E-state index contributed by atoms with van der Waals surface area (Å²) in [6.07, 6.45) is 5.08. The Morgan fingerprint density at radius 1 is 1.21 bits per heavy atom.